The summed E-state index contributed by atoms with van der Waals surface area (Å²) in [6.07, 6.45) is 10.9. The molecule has 0 aliphatic heterocycles. The van der Waals surface area contributed by atoms with Gasteiger partial charge in [0.2, 0.25) is 11.9 Å². The fourth-order valence-corrected chi connectivity index (χ4v) is 5.02. The standard InChI is InChI=1S/C30H33ClN6O2/c1-37(2)16-6-11-28(38)34-20-12-14-22(15-13-20)39-23-8-5-7-21(17-23)35-30-33-19-26(31)29(36-30)25-18-32-27-10-4-3-9-24(25)27/h3-4,6,9-15,18-19,21,23,32H,5,7-8,16-17H2,1-2H3,(H,34,38)(H,33,35,36)/b11-6+/t21-,23?/m1/s1. The monoisotopic (exact) mass is 544 g/mol. The van der Waals surface area contributed by atoms with Crippen LogP contribution in [-0.4, -0.2) is 58.5 Å². The van der Waals surface area contributed by atoms with Gasteiger partial charge in [-0.25, -0.2) is 9.97 Å². The van der Waals surface area contributed by atoms with Crippen LogP contribution in [0.2, 0.25) is 5.02 Å². The van der Waals surface area contributed by atoms with Crippen molar-refractivity contribution in [1.82, 2.24) is 19.9 Å². The van der Waals surface area contributed by atoms with Crippen molar-refractivity contribution in [1.29, 1.82) is 0 Å². The Hall–Kier alpha value is -3.88. The van der Waals surface area contributed by atoms with Crippen molar-refractivity contribution in [2.75, 3.05) is 31.3 Å². The summed E-state index contributed by atoms with van der Waals surface area (Å²) in [5, 5.41) is 7.96. The van der Waals surface area contributed by atoms with Crippen molar-refractivity contribution in [3.05, 3.63) is 78.1 Å². The number of para-hydroxylation sites is 1. The third-order valence-electron chi connectivity index (χ3n) is 6.71. The summed E-state index contributed by atoms with van der Waals surface area (Å²) in [6.45, 7) is 0.715. The topological polar surface area (TPSA) is 95.2 Å². The summed E-state index contributed by atoms with van der Waals surface area (Å²) < 4.78 is 6.29. The molecule has 1 aliphatic rings. The maximum Gasteiger partial charge on any atom is 0.248 e. The van der Waals surface area contributed by atoms with E-state index in [9.17, 15) is 4.79 Å². The molecule has 1 saturated carbocycles. The molecule has 8 nitrogen and oxygen atoms in total. The van der Waals surface area contributed by atoms with E-state index in [2.05, 4.69) is 26.7 Å². The first-order valence-corrected chi connectivity index (χ1v) is 13.6. The number of aromatic nitrogens is 3. The first-order chi connectivity index (χ1) is 18.9. The van der Waals surface area contributed by atoms with E-state index in [1.165, 1.54) is 0 Å². The van der Waals surface area contributed by atoms with Gasteiger partial charge in [-0.05, 0) is 63.7 Å². The molecule has 3 N–H and O–H groups in total. The summed E-state index contributed by atoms with van der Waals surface area (Å²) in [6, 6.07) is 15.8. The van der Waals surface area contributed by atoms with Gasteiger partial charge in [-0.3, -0.25) is 4.79 Å². The lowest BCUT2D eigenvalue weighted by Crippen LogP contribution is -2.33. The number of rotatable bonds is 9. The highest BCUT2D eigenvalue weighted by Crippen LogP contribution is 2.33. The van der Waals surface area contributed by atoms with Gasteiger partial charge in [-0.15, -0.1) is 0 Å². The van der Waals surface area contributed by atoms with Gasteiger partial charge in [0.25, 0.3) is 0 Å². The van der Waals surface area contributed by atoms with Crippen molar-refractivity contribution in [2.24, 2.45) is 0 Å². The van der Waals surface area contributed by atoms with Gasteiger partial charge >= 0.3 is 0 Å². The fourth-order valence-electron chi connectivity index (χ4n) is 4.82. The van der Waals surface area contributed by atoms with Crippen LogP contribution in [0.4, 0.5) is 11.6 Å². The number of nitrogens with zero attached hydrogens (tertiary/aromatic N) is 3. The molecule has 39 heavy (non-hydrogen) atoms. The Morgan fingerprint density at radius 1 is 1.18 bits per heavy atom. The van der Waals surface area contributed by atoms with Crippen LogP contribution >= 0.6 is 11.6 Å². The molecule has 4 aromatic rings. The number of nitrogens with one attached hydrogen (secondary N) is 3. The number of H-pyrrole nitrogens is 1. The number of aromatic amines is 1. The Labute approximate surface area is 233 Å². The molecule has 9 heteroatoms. The van der Waals surface area contributed by atoms with Crippen molar-refractivity contribution in [2.45, 2.75) is 37.8 Å². The molecule has 1 unspecified atom stereocenters. The zero-order valence-electron chi connectivity index (χ0n) is 22.2. The number of likely N-dealkylation sites (N-methyl/N-ethyl adjacent to an activating group) is 1. The summed E-state index contributed by atoms with van der Waals surface area (Å²) in [4.78, 5) is 26.6. The van der Waals surface area contributed by atoms with Crippen LogP contribution in [0.3, 0.4) is 0 Å². The van der Waals surface area contributed by atoms with Crippen LogP contribution in [0.25, 0.3) is 22.2 Å². The van der Waals surface area contributed by atoms with E-state index in [4.69, 9.17) is 21.3 Å². The molecule has 5 rings (SSSR count). The van der Waals surface area contributed by atoms with E-state index in [1.807, 2.05) is 73.7 Å². The van der Waals surface area contributed by atoms with Gasteiger partial charge in [-0.2, -0.15) is 0 Å². The summed E-state index contributed by atoms with van der Waals surface area (Å²) >= 11 is 6.50. The second-order valence-electron chi connectivity index (χ2n) is 10.1. The first-order valence-electron chi connectivity index (χ1n) is 13.2. The molecule has 1 fully saturated rings. The number of hydrogen-bond acceptors (Lipinski definition) is 6. The Morgan fingerprint density at radius 2 is 2.00 bits per heavy atom. The number of ether oxygens (including phenoxy) is 1. The van der Waals surface area contributed by atoms with E-state index in [0.717, 1.165) is 53.6 Å². The molecule has 1 aliphatic carbocycles. The Kier molecular flexibility index (Phi) is 8.44. The third-order valence-corrected chi connectivity index (χ3v) is 6.99. The quantitative estimate of drug-likeness (QED) is 0.219. The van der Waals surface area contributed by atoms with Crippen molar-refractivity contribution >= 4 is 40.0 Å². The molecule has 2 heterocycles. The number of benzene rings is 2. The number of amides is 1. The molecule has 2 aromatic heterocycles. The molecule has 2 aromatic carbocycles. The summed E-state index contributed by atoms with van der Waals surface area (Å²) in [7, 11) is 3.92. The highest BCUT2D eigenvalue weighted by Gasteiger charge is 2.24. The van der Waals surface area contributed by atoms with Crippen LogP contribution in [0.1, 0.15) is 25.7 Å². The van der Waals surface area contributed by atoms with Gasteiger partial charge in [0.1, 0.15) is 11.9 Å². The highest BCUT2D eigenvalue weighted by atomic mass is 35.5. The zero-order chi connectivity index (χ0) is 27.2. The molecule has 0 bridgehead atoms. The fraction of sp³-hybridized carbons (Fsp3) is 0.300. The highest BCUT2D eigenvalue weighted by molar-refractivity contribution is 6.33. The van der Waals surface area contributed by atoms with Crippen molar-refractivity contribution in [3.63, 3.8) is 0 Å². The molecular weight excluding hydrogens is 512 g/mol. The maximum absolute atomic E-state index is 12.1. The average molecular weight is 545 g/mol. The van der Waals surface area contributed by atoms with Crippen LogP contribution in [0.15, 0.2) is 73.1 Å². The second-order valence-corrected chi connectivity index (χ2v) is 10.5. The van der Waals surface area contributed by atoms with Gasteiger partial charge in [0.15, 0.2) is 0 Å². The number of carbonyl (C=O) groups excluding carboxylic acids is 1. The van der Waals surface area contributed by atoms with E-state index in [1.54, 1.807) is 12.3 Å². The van der Waals surface area contributed by atoms with Crippen LogP contribution in [-0.2, 0) is 4.79 Å². The van der Waals surface area contributed by atoms with Gasteiger partial charge in [-0.1, -0.05) is 35.9 Å². The van der Waals surface area contributed by atoms with E-state index < -0.39 is 0 Å². The van der Waals surface area contributed by atoms with Crippen LogP contribution < -0.4 is 15.4 Å². The minimum absolute atomic E-state index is 0.0750. The molecule has 202 valence electrons. The SMILES string of the molecule is CN(C)C/C=C/C(=O)Nc1ccc(OC2CCC[C@@H](Nc3ncc(Cl)c(-c4c[nH]c5ccccc45)n3)C2)cc1. The normalized spacial score (nSPS) is 17.5. The Balaban J connectivity index is 1.18. The van der Waals surface area contributed by atoms with E-state index in [-0.39, 0.29) is 18.1 Å². The Morgan fingerprint density at radius 3 is 2.82 bits per heavy atom. The van der Waals surface area contributed by atoms with Gasteiger partial charge in [0.05, 0.1) is 16.9 Å². The Bertz CT molecular complexity index is 1450. The van der Waals surface area contributed by atoms with Crippen LogP contribution in [0, 0.1) is 0 Å². The molecule has 0 spiro atoms. The molecule has 1 amide bonds. The lowest BCUT2D eigenvalue weighted by molar-refractivity contribution is -0.111. The second kappa shape index (κ2) is 12.3. The smallest absolute Gasteiger partial charge is 0.248 e. The van der Waals surface area contributed by atoms with Crippen molar-refractivity contribution in [3.8, 4) is 17.0 Å². The van der Waals surface area contributed by atoms with Crippen molar-refractivity contribution < 1.29 is 9.53 Å². The number of halogens is 1. The average Bonchev–Trinajstić information content (AvgIpc) is 3.35. The number of hydrogen-bond donors (Lipinski definition) is 3. The largest absolute Gasteiger partial charge is 0.490 e. The third kappa shape index (κ3) is 6.96. The predicted molar refractivity (Wildman–Crippen MR) is 157 cm³/mol. The lowest BCUT2D eigenvalue weighted by Gasteiger charge is -2.30. The molecule has 0 radical (unpaired) electrons. The van der Waals surface area contributed by atoms with Gasteiger partial charge < -0.3 is 25.3 Å². The van der Waals surface area contributed by atoms with Gasteiger partial charge in [0, 0.05) is 53.4 Å². The summed E-state index contributed by atoms with van der Waals surface area (Å²) in [5.41, 5.74) is 3.43. The van der Waals surface area contributed by atoms with E-state index >= 15 is 0 Å². The molecule has 2 atom stereocenters. The molecule has 0 saturated heterocycles. The minimum atomic E-state index is -0.149. The number of anilines is 2. The van der Waals surface area contributed by atoms with E-state index in [0.29, 0.717) is 23.2 Å². The number of fused-ring (bicyclic) bond motifs is 1. The zero-order valence-corrected chi connectivity index (χ0v) is 22.9. The minimum Gasteiger partial charge on any atom is -0.490 e. The lowest BCUT2D eigenvalue weighted by atomic mass is 9.93. The van der Waals surface area contributed by atoms with Crippen LogP contribution in [0.5, 0.6) is 5.75 Å². The predicted octanol–water partition coefficient (Wildman–Crippen LogP) is 6.14. The summed E-state index contributed by atoms with van der Waals surface area (Å²) in [5.74, 6) is 1.19. The maximum atomic E-state index is 12.1. The molecular formula is C30H33ClN6O2. The number of carbonyl (C=O) groups is 1. The first kappa shape index (κ1) is 26.7.